The number of likely N-dealkylation sites (N-methyl/N-ethyl adjacent to an activating group) is 1. The second kappa shape index (κ2) is 8.21. The van der Waals surface area contributed by atoms with Crippen LogP contribution in [0.3, 0.4) is 0 Å². The van der Waals surface area contributed by atoms with Gasteiger partial charge < -0.3 is 15.3 Å². The average molecular weight is 347 g/mol. The number of aliphatic hydroxyl groups excluding tert-OH is 1. The normalized spacial score (nSPS) is 12.1. The predicted molar refractivity (Wildman–Crippen MR) is 80.1 cm³/mol. The lowest BCUT2D eigenvalue weighted by Crippen LogP contribution is -2.44. The molecule has 0 saturated heterocycles. The van der Waals surface area contributed by atoms with Gasteiger partial charge in [-0.1, -0.05) is 22.0 Å². The first kappa shape index (κ1) is 16.9. The Morgan fingerprint density at radius 1 is 1.55 bits per heavy atom. The van der Waals surface area contributed by atoms with E-state index in [1.54, 1.807) is 26.1 Å². The third-order valence-electron chi connectivity index (χ3n) is 3.16. The molecule has 0 saturated carbocycles. The molecule has 0 radical (unpaired) electrons. The molecule has 0 fully saturated rings. The summed E-state index contributed by atoms with van der Waals surface area (Å²) in [5, 5.41) is 11.7. The highest BCUT2D eigenvalue weighted by Gasteiger charge is 2.13. The Kier molecular flexibility index (Phi) is 6.95. The summed E-state index contributed by atoms with van der Waals surface area (Å²) >= 11 is 3.21. The van der Waals surface area contributed by atoms with E-state index in [0.717, 1.165) is 0 Å². The molecular weight excluding hydrogens is 327 g/mol. The third-order valence-corrected chi connectivity index (χ3v) is 3.65. The monoisotopic (exact) mass is 346 g/mol. The van der Waals surface area contributed by atoms with Gasteiger partial charge in [-0.2, -0.15) is 0 Å². The van der Waals surface area contributed by atoms with E-state index in [1.807, 2.05) is 0 Å². The summed E-state index contributed by atoms with van der Waals surface area (Å²) in [6, 6.07) is 4.52. The van der Waals surface area contributed by atoms with E-state index >= 15 is 0 Å². The van der Waals surface area contributed by atoms with E-state index < -0.39 is 0 Å². The van der Waals surface area contributed by atoms with Crippen molar-refractivity contribution in [1.82, 2.24) is 10.2 Å². The standard InChI is InChI=1S/C14H20BrFN2O2/c1-10(9-19)18(2)14(20)17-7-3-4-11-5-6-12(15)8-13(11)16/h5-6,8,10,19H,3-4,7,9H2,1-2H3,(H,17,20). The summed E-state index contributed by atoms with van der Waals surface area (Å²) < 4.78 is 14.3. The zero-order chi connectivity index (χ0) is 15.1. The molecule has 0 spiro atoms. The number of carbonyl (C=O) groups is 1. The summed E-state index contributed by atoms with van der Waals surface area (Å²) in [7, 11) is 1.63. The van der Waals surface area contributed by atoms with Crippen LogP contribution in [-0.2, 0) is 6.42 Å². The van der Waals surface area contributed by atoms with Gasteiger partial charge in [0.1, 0.15) is 5.82 Å². The van der Waals surface area contributed by atoms with Crippen LogP contribution in [0.15, 0.2) is 22.7 Å². The number of hydrogen-bond donors (Lipinski definition) is 2. The number of aryl methyl sites for hydroxylation is 1. The Hall–Kier alpha value is -1.14. The minimum Gasteiger partial charge on any atom is -0.394 e. The number of hydrogen-bond acceptors (Lipinski definition) is 2. The van der Waals surface area contributed by atoms with Gasteiger partial charge in [0.2, 0.25) is 0 Å². The van der Waals surface area contributed by atoms with Crippen LogP contribution in [0.1, 0.15) is 18.9 Å². The van der Waals surface area contributed by atoms with Gasteiger partial charge in [-0.25, -0.2) is 9.18 Å². The van der Waals surface area contributed by atoms with Crippen LogP contribution in [-0.4, -0.2) is 42.3 Å². The number of rotatable bonds is 6. The Balaban J connectivity index is 2.33. The second-order valence-electron chi connectivity index (χ2n) is 4.71. The number of carbonyl (C=O) groups excluding carboxylic acids is 1. The molecule has 20 heavy (non-hydrogen) atoms. The summed E-state index contributed by atoms with van der Waals surface area (Å²) in [5.41, 5.74) is 0.638. The first-order chi connectivity index (χ1) is 9.45. The van der Waals surface area contributed by atoms with Gasteiger partial charge in [-0.3, -0.25) is 0 Å². The van der Waals surface area contributed by atoms with Crippen LogP contribution in [0.5, 0.6) is 0 Å². The highest BCUT2D eigenvalue weighted by molar-refractivity contribution is 9.10. The van der Waals surface area contributed by atoms with Crippen LogP contribution < -0.4 is 5.32 Å². The summed E-state index contributed by atoms with van der Waals surface area (Å²) in [5.74, 6) is -0.239. The lowest BCUT2D eigenvalue weighted by molar-refractivity contribution is 0.157. The van der Waals surface area contributed by atoms with Gasteiger partial charge >= 0.3 is 6.03 Å². The molecule has 0 aromatic heterocycles. The molecule has 2 amide bonds. The third kappa shape index (κ3) is 5.09. The zero-order valence-electron chi connectivity index (χ0n) is 11.7. The summed E-state index contributed by atoms with van der Waals surface area (Å²) in [6.45, 7) is 2.15. The Morgan fingerprint density at radius 3 is 2.85 bits per heavy atom. The molecule has 1 aromatic rings. The maximum atomic E-state index is 13.6. The smallest absolute Gasteiger partial charge is 0.317 e. The molecule has 0 aliphatic rings. The van der Waals surface area contributed by atoms with E-state index in [9.17, 15) is 9.18 Å². The van der Waals surface area contributed by atoms with E-state index in [0.29, 0.717) is 29.4 Å². The van der Waals surface area contributed by atoms with Gasteiger partial charge in [0.05, 0.1) is 12.6 Å². The van der Waals surface area contributed by atoms with Crippen LogP contribution >= 0.6 is 15.9 Å². The molecule has 4 nitrogen and oxygen atoms in total. The fraction of sp³-hybridized carbons (Fsp3) is 0.500. The number of urea groups is 1. The average Bonchev–Trinajstić information content (AvgIpc) is 2.43. The van der Waals surface area contributed by atoms with Crippen molar-refractivity contribution < 1.29 is 14.3 Å². The Morgan fingerprint density at radius 2 is 2.25 bits per heavy atom. The predicted octanol–water partition coefficient (Wildman–Crippen LogP) is 2.54. The van der Waals surface area contributed by atoms with Gasteiger partial charge in [0, 0.05) is 18.1 Å². The topological polar surface area (TPSA) is 52.6 Å². The Labute approximate surface area is 127 Å². The molecule has 1 aromatic carbocycles. The maximum absolute atomic E-state index is 13.6. The molecular formula is C14H20BrFN2O2. The fourth-order valence-electron chi connectivity index (χ4n) is 1.65. The van der Waals surface area contributed by atoms with Crippen molar-refractivity contribution in [2.24, 2.45) is 0 Å². The molecule has 112 valence electrons. The lowest BCUT2D eigenvalue weighted by atomic mass is 10.1. The minimum atomic E-state index is -0.239. The number of nitrogens with zero attached hydrogens (tertiary/aromatic N) is 1. The van der Waals surface area contributed by atoms with Gasteiger partial charge in [0.15, 0.2) is 0 Å². The highest BCUT2D eigenvalue weighted by atomic mass is 79.9. The maximum Gasteiger partial charge on any atom is 0.317 e. The van der Waals surface area contributed by atoms with Gasteiger partial charge in [0.25, 0.3) is 0 Å². The minimum absolute atomic E-state index is 0.0754. The van der Waals surface area contributed by atoms with E-state index in [4.69, 9.17) is 5.11 Å². The molecule has 2 N–H and O–H groups in total. The van der Waals surface area contributed by atoms with Crippen molar-refractivity contribution >= 4 is 22.0 Å². The number of aliphatic hydroxyl groups is 1. The SMILES string of the molecule is CC(CO)N(C)C(=O)NCCCc1ccc(Br)cc1F. The molecule has 1 atom stereocenters. The van der Waals surface area contributed by atoms with Crippen LogP contribution in [0.25, 0.3) is 0 Å². The number of halogens is 2. The number of benzene rings is 1. The molecule has 6 heteroatoms. The molecule has 0 aliphatic carbocycles. The molecule has 1 rings (SSSR count). The highest BCUT2D eigenvalue weighted by Crippen LogP contribution is 2.16. The quantitative estimate of drug-likeness (QED) is 0.777. The fourth-order valence-corrected chi connectivity index (χ4v) is 1.98. The molecule has 0 heterocycles. The van der Waals surface area contributed by atoms with Crippen molar-refractivity contribution in [1.29, 1.82) is 0 Å². The summed E-state index contributed by atoms with van der Waals surface area (Å²) in [6.07, 6.45) is 1.23. The van der Waals surface area contributed by atoms with Gasteiger partial charge in [-0.05, 0) is 37.5 Å². The molecule has 1 unspecified atom stereocenters. The van der Waals surface area contributed by atoms with Crippen LogP contribution in [0.4, 0.5) is 9.18 Å². The first-order valence-electron chi connectivity index (χ1n) is 6.51. The van der Waals surface area contributed by atoms with E-state index in [-0.39, 0.29) is 24.5 Å². The van der Waals surface area contributed by atoms with E-state index in [1.165, 1.54) is 11.0 Å². The van der Waals surface area contributed by atoms with E-state index in [2.05, 4.69) is 21.2 Å². The first-order valence-corrected chi connectivity index (χ1v) is 7.30. The second-order valence-corrected chi connectivity index (χ2v) is 5.63. The van der Waals surface area contributed by atoms with Gasteiger partial charge in [-0.15, -0.1) is 0 Å². The van der Waals surface area contributed by atoms with Crippen molar-refractivity contribution in [3.63, 3.8) is 0 Å². The molecule has 0 aliphatic heterocycles. The summed E-state index contributed by atoms with van der Waals surface area (Å²) in [4.78, 5) is 13.1. The molecule has 0 bridgehead atoms. The largest absolute Gasteiger partial charge is 0.394 e. The van der Waals surface area contributed by atoms with Crippen LogP contribution in [0.2, 0.25) is 0 Å². The number of nitrogens with one attached hydrogen (secondary N) is 1. The van der Waals surface area contributed by atoms with Crippen LogP contribution in [0, 0.1) is 5.82 Å². The number of amides is 2. The lowest BCUT2D eigenvalue weighted by Gasteiger charge is -2.23. The zero-order valence-corrected chi connectivity index (χ0v) is 13.3. The Bertz CT molecular complexity index is 457. The van der Waals surface area contributed by atoms with Crippen molar-refractivity contribution in [3.8, 4) is 0 Å². The van der Waals surface area contributed by atoms with Crippen molar-refractivity contribution in [3.05, 3.63) is 34.1 Å². The van der Waals surface area contributed by atoms with Crippen molar-refractivity contribution in [2.75, 3.05) is 20.2 Å². The van der Waals surface area contributed by atoms with Crippen molar-refractivity contribution in [2.45, 2.75) is 25.8 Å².